The van der Waals surface area contributed by atoms with Crippen LogP contribution in [0.15, 0.2) is 12.2 Å². The summed E-state index contributed by atoms with van der Waals surface area (Å²) in [5.74, 6) is 0. The molecule has 0 aromatic rings. The molecule has 25 heavy (non-hydrogen) atoms. The molecule has 0 N–H and O–H groups in total. The van der Waals surface area contributed by atoms with E-state index in [9.17, 15) is 0 Å². The third-order valence-electron chi connectivity index (χ3n) is 5.07. The molecule has 0 aliphatic heterocycles. The monoisotopic (exact) mass is 368 g/mol. The Morgan fingerprint density at radius 2 is 0.880 bits per heavy atom. The maximum atomic E-state index is 2.44. The van der Waals surface area contributed by atoms with Crippen LogP contribution < -0.4 is 0 Å². The second-order valence-electron chi connectivity index (χ2n) is 7.78. The van der Waals surface area contributed by atoms with Gasteiger partial charge in [0.15, 0.2) is 0 Å². The predicted molar refractivity (Wildman–Crippen MR) is 122 cm³/mol. The summed E-state index contributed by atoms with van der Waals surface area (Å²) in [6, 6.07) is 0. The van der Waals surface area contributed by atoms with Crippen LogP contribution >= 0.6 is 7.92 Å². The molecule has 0 spiro atoms. The van der Waals surface area contributed by atoms with Crippen molar-refractivity contribution in [2.24, 2.45) is 0 Å². The van der Waals surface area contributed by atoms with Crippen LogP contribution in [0, 0.1) is 0 Å². The van der Waals surface area contributed by atoms with E-state index >= 15 is 0 Å². The van der Waals surface area contributed by atoms with E-state index in [0.29, 0.717) is 7.92 Å². The fourth-order valence-electron chi connectivity index (χ4n) is 3.55. The Balaban J connectivity index is 3.23. The molecule has 0 fully saturated rings. The van der Waals surface area contributed by atoms with E-state index in [1.807, 2.05) is 0 Å². The first-order valence-electron chi connectivity index (χ1n) is 11.7. The van der Waals surface area contributed by atoms with Crippen LogP contribution in [-0.4, -0.2) is 18.5 Å². The van der Waals surface area contributed by atoms with Gasteiger partial charge >= 0.3 is 0 Å². The van der Waals surface area contributed by atoms with E-state index in [4.69, 9.17) is 0 Å². The normalized spacial score (nSPS) is 11.8. The van der Waals surface area contributed by atoms with Crippen LogP contribution in [-0.2, 0) is 0 Å². The molecule has 0 saturated heterocycles. The molecule has 0 amide bonds. The van der Waals surface area contributed by atoms with Crippen molar-refractivity contribution in [1.29, 1.82) is 0 Å². The van der Waals surface area contributed by atoms with Gasteiger partial charge in [0, 0.05) is 0 Å². The summed E-state index contributed by atoms with van der Waals surface area (Å²) in [5.41, 5.74) is 0. The summed E-state index contributed by atoms with van der Waals surface area (Å²) < 4.78 is 0. The average Bonchev–Trinajstić information content (AvgIpc) is 2.61. The Hall–Kier alpha value is 0.170. The topological polar surface area (TPSA) is 0 Å². The number of unbranched alkanes of at least 4 members (excludes halogenated alkanes) is 12. The van der Waals surface area contributed by atoms with E-state index in [-0.39, 0.29) is 0 Å². The average molecular weight is 369 g/mol. The van der Waals surface area contributed by atoms with Crippen molar-refractivity contribution in [3.8, 4) is 0 Å². The molecule has 0 radical (unpaired) electrons. The Bertz CT molecular complexity index is 253. The predicted octanol–water partition coefficient (Wildman–Crippen LogP) is 9.33. The first-order valence-corrected chi connectivity index (χ1v) is 13.6. The van der Waals surface area contributed by atoms with Crippen molar-refractivity contribution in [1.82, 2.24) is 0 Å². The molecule has 0 unspecified atom stereocenters. The third kappa shape index (κ3) is 20.3. The van der Waals surface area contributed by atoms with Gasteiger partial charge in [0.2, 0.25) is 0 Å². The number of rotatable bonds is 20. The molecule has 150 valence electrons. The maximum Gasteiger partial charge on any atom is -0.0326 e. The lowest BCUT2D eigenvalue weighted by molar-refractivity contribution is 0.607. The summed E-state index contributed by atoms with van der Waals surface area (Å²) in [5, 5.41) is 0. The van der Waals surface area contributed by atoms with Crippen LogP contribution in [0.5, 0.6) is 0 Å². The van der Waals surface area contributed by atoms with Crippen molar-refractivity contribution < 1.29 is 0 Å². The van der Waals surface area contributed by atoms with Crippen molar-refractivity contribution in [3.05, 3.63) is 12.2 Å². The Kier molecular flexibility index (Phi) is 22.4. The molecule has 0 saturated carbocycles. The molecule has 0 bridgehead atoms. The standard InChI is InChI=1S/C24H49P/c1-4-7-8-9-10-11-12-13-14-15-16-17-18-19-20-21-24-25(22-5-2)23-6-3/h13-14H,4-12,15-24H2,1-3H3/b14-13-. The fourth-order valence-corrected chi connectivity index (χ4v) is 6.16. The largest absolute Gasteiger partial charge is 0.107 e. The first-order chi connectivity index (χ1) is 12.3. The molecule has 0 heterocycles. The Labute approximate surface area is 162 Å². The number of allylic oxidation sites excluding steroid dienone is 2. The van der Waals surface area contributed by atoms with Crippen LogP contribution in [0.3, 0.4) is 0 Å². The zero-order valence-corrected chi connectivity index (χ0v) is 18.9. The zero-order valence-electron chi connectivity index (χ0n) is 18.0. The highest BCUT2D eigenvalue weighted by atomic mass is 31.1. The maximum absolute atomic E-state index is 2.44. The summed E-state index contributed by atoms with van der Waals surface area (Å²) >= 11 is 0. The van der Waals surface area contributed by atoms with Crippen molar-refractivity contribution >= 4 is 7.92 Å². The SMILES string of the molecule is CCCCCCCC/C=C\CCCCCCCCP(CCC)CCC. The van der Waals surface area contributed by atoms with Gasteiger partial charge in [0.25, 0.3) is 0 Å². The lowest BCUT2D eigenvalue weighted by Crippen LogP contribution is -1.94. The van der Waals surface area contributed by atoms with Crippen molar-refractivity contribution in [3.63, 3.8) is 0 Å². The molecule has 0 aromatic heterocycles. The van der Waals surface area contributed by atoms with E-state index in [0.717, 1.165) is 0 Å². The minimum atomic E-state index is 0.387. The summed E-state index contributed by atoms with van der Waals surface area (Å²) in [4.78, 5) is 0. The molecule has 0 rings (SSSR count). The summed E-state index contributed by atoms with van der Waals surface area (Å²) in [7, 11) is 0.387. The summed E-state index contributed by atoms with van der Waals surface area (Å²) in [6.07, 6.45) is 32.2. The van der Waals surface area contributed by atoms with Gasteiger partial charge in [-0.1, -0.05) is 104 Å². The van der Waals surface area contributed by atoms with E-state index in [1.165, 1.54) is 115 Å². The lowest BCUT2D eigenvalue weighted by atomic mass is 10.1. The van der Waals surface area contributed by atoms with Crippen LogP contribution in [0.2, 0.25) is 0 Å². The van der Waals surface area contributed by atoms with Crippen molar-refractivity contribution in [2.45, 2.75) is 124 Å². The second-order valence-corrected chi connectivity index (χ2v) is 10.5. The van der Waals surface area contributed by atoms with Crippen molar-refractivity contribution in [2.75, 3.05) is 18.5 Å². The van der Waals surface area contributed by atoms with Gasteiger partial charge in [-0.25, -0.2) is 0 Å². The first kappa shape index (κ1) is 25.2. The highest BCUT2D eigenvalue weighted by molar-refractivity contribution is 7.57. The molecule has 0 aromatic carbocycles. The van der Waals surface area contributed by atoms with Crippen LogP contribution in [0.4, 0.5) is 0 Å². The van der Waals surface area contributed by atoms with Gasteiger partial charge in [-0.2, -0.15) is 0 Å². The van der Waals surface area contributed by atoms with Gasteiger partial charge in [0.05, 0.1) is 0 Å². The number of hydrogen-bond donors (Lipinski definition) is 0. The van der Waals surface area contributed by atoms with E-state index in [2.05, 4.69) is 32.9 Å². The Morgan fingerprint density at radius 3 is 1.36 bits per heavy atom. The van der Waals surface area contributed by atoms with Gasteiger partial charge in [-0.05, 0) is 50.6 Å². The smallest absolute Gasteiger partial charge is 0.0326 e. The molecule has 0 nitrogen and oxygen atoms in total. The second kappa shape index (κ2) is 22.2. The minimum Gasteiger partial charge on any atom is -0.107 e. The fraction of sp³-hybridized carbons (Fsp3) is 0.917. The highest BCUT2D eigenvalue weighted by Gasteiger charge is 2.04. The molecule has 0 atom stereocenters. The quantitative estimate of drug-likeness (QED) is 0.114. The van der Waals surface area contributed by atoms with E-state index < -0.39 is 0 Å². The molecule has 1 heteroatoms. The molecular formula is C24H49P. The van der Waals surface area contributed by atoms with Crippen LogP contribution in [0.1, 0.15) is 124 Å². The van der Waals surface area contributed by atoms with Gasteiger partial charge in [-0.3, -0.25) is 0 Å². The molecular weight excluding hydrogens is 319 g/mol. The lowest BCUT2D eigenvalue weighted by Gasteiger charge is -2.15. The van der Waals surface area contributed by atoms with Gasteiger partial charge in [-0.15, -0.1) is 7.92 Å². The Morgan fingerprint density at radius 1 is 0.440 bits per heavy atom. The van der Waals surface area contributed by atoms with E-state index in [1.54, 1.807) is 6.16 Å². The van der Waals surface area contributed by atoms with Gasteiger partial charge < -0.3 is 0 Å². The zero-order chi connectivity index (χ0) is 18.4. The highest BCUT2D eigenvalue weighted by Crippen LogP contribution is 2.38. The number of hydrogen-bond acceptors (Lipinski definition) is 0. The van der Waals surface area contributed by atoms with Crippen LogP contribution in [0.25, 0.3) is 0 Å². The molecule has 0 aliphatic rings. The minimum absolute atomic E-state index is 0.387. The third-order valence-corrected chi connectivity index (χ3v) is 8.17. The molecule has 0 aliphatic carbocycles. The van der Waals surface area contributed by atoms with Gasteiger partial charge in [0.1, 0.15) is 0 Å². The summed E-state index contributed by atoms with van der Waals surface area (Å²) in [6.45, 7) is 7.00.